The number of halogens is 1. The molecule has 156 valence electrons. The first-order chi connectivity index (χ1) is 14.1. The minimum atomic E-state index is 0.0994. The number of aryl methyl sites for hydroxylation is 1. The van der Waals surface area contributed by atoms with E-state index in [0.717, 1.165) is 53.5 Å². The van der Waals surface area contributed by atoms with Crippen LogP contribution in [-0.4, -0.2) is 46.6 Å². The second-order valence-electron chi connectivity index (χ2n) is 9.27. The van der Waals surface area contributed by atoms with Gasteiger partial charge in [-0.05, 0) is 63.9 Å². The Morgan fingerprint density at radius 1 is 1.14 bits per heavy atom. The number of aromatic nitrogens is 1. The Bertz CT molecular complexity index is 890. The van der Waals surface area contributed by atoms with Crippen molar-refractivity contribution in [1.82, 2.24) is 9.47 Å². The monoisotopic (exact) mass is 414 g/mol. The number of ketones is 1. The van der Waals surface area contributed by atoms with E-state index in [0.29, 0.717) is 18.2 Å². The summed E-state index contributed by atoms with van der Waals surface area (Å²) in [5, 5.41) is 1.70. The number of ether oxygens (including phenoxy) is 1. The van der Waals surface area contributed by atoms with Gasteiger partial charge in [0.15, 0.2) is 5.78 Å². The molecule has 2 unspecified atom stereocenters. The zero-order chi connectivity index (χ0) is 20.0. The van der Waals surface area contributed by atoms with Crippen molar-refractivity contribution in [2.45, 2.75) is 76.6 Å². The van der Waals surface area contributed by atoms with Crippen molar-refractivity contribution in [3.05, 3.63) is 35.0 Å². The van der Waals surface area contributed by atoms with E-state index in [-0.39, 0.29) is 5.78 Å². The summed E-state index contributed by atoms with van der Waals surface area (Å²) in [5.41, 5.74) is 1.77. The molecule has 4 nitrogen and oxygen atoms in total. The number of para-hydroxylation sites is 1. The number of hydrogen-bond donors (Lipinski definition) is 0. The third-order valence-electron chi connectivity index (χ3n) is 7.15. The first-order valence-corrected chi connectivity index (χ1v) is 11.6. The molecule has 0 N–H and O–H groups in total. The van der Waals surface area contributed by atoms with E-state index in [1.165, 1.54) is 38.5 Å². The van der Waals surface area contributed by atoms with Gasteiger partial charge in [0.05, 0.1) is 16.6 Å². The normalized spacial score (nSPS) is 27.0. The molecule has 5 heteroatoms. The molecule has 0 radical (unpaired) electrons. The highest BCUT2D eigenvalue weighted by Gasteiger charge is 2.41. The Balaban J connectivity index is 1.21. The zero-order valence-corrected chi connectivity index (χ0v) is 18.0. The summed E-state index contributed by atoms with van der Waals surface area (Å²) >= 11 is 6.48. The van der Waals surface area contributed by atoms with E-state index in [1.807, 2.05) is 24.4 Å². The molecule has 1 aliphatic carbocycles. The predicted molar refractivity (Wildman–Crippen MR) is 117 cm³/mol. The van der Waals surface area contributed by atoms with E-state index < -0.39 is 0 Å². The van der Waals surface area contributed by atoms with Crippen LogP contribution in [0, 0.1) is 5.92 Å². The maximum Gasteiger partial charge on any atom is 0.161 e. The Morgan fingerprint density at radius 3 is 2.59 bits per heavy atom. The zero-order valence-electron chi connectivity index (χ0n) is 17.3. The maximum absolute atomic E-state index is 12.1. The largest absolute Gasteiger partial charge is 0.378 e. The third-order valence-corrected chi connectivity index (χ3v) is 7.45. The van der Waals surface area contributed by atoms with Crippen LogP contribution in [0.1, 0.15) is 62.2 Å². The minimum Gasteiger partial charge on any atom is -0.378 e. The second-order valence-corrected chi connectivity index (χ2v) is 9.68. The Morgan fingerprint density at radius 2 is 1.90 bits per heavy atom. The van der Waals surface area contributed by atoms with Crippen molar-refractivity contribution in [2.75, 3.05) is 13.2 Å². The summed E-state index contributed by atoms with van der Waals surface area (Å²) in [5.74, 6) is 0.955. The lowest BCUT2D eigenvalue weighted by Crippen LogP contribution is -2.46. The van der Waals surface area contributed by atoms with Crippen LogP contribution >= 0.6 is 11.6 Å². The van der Waals surface area contributed by atoms with Gasteiger partial charge in [-0.15, -0.1) is 0 Å². The van der Waals surface area contributed by atoms with Crippen molar-refractivity contribution in [3.63, 3.8) is 0 Å². The number of carbonyl (C=O) groups excluding carboxylic acids is 1. The lowest BCUT2D eigenvalue weighted by atomic mass is 9.99. The van der Waals surface area contributed by atoms with Crippen molar-refractivity contribution in [2.24, 2.45) is 5.92 Å². The van der Waals surface area contributed by atoms with Gasteiger partial charge in [0.1, 0.15) is 0 Å². The topological polar surface area (TPSA) is 34.5 Å². The molecule has 1 aromatic heterocycles. The quantitative estimate of drug-likeness (QED) is 0.549. The van der Waals surface area contributed by atoms with Crippen LogP contribution in [0.2, 0.25) is 5.02 Å². The molecule has 2 saturated heterocycles. The summed E-state index contributed by atoms with van der Waals surface area (Å²) in [7, 11) is 0. The van der Waals surface area contributed by atoms with Gasteiger partial charge in [-0.25, -0.2) is 0 Å². The smallest absolute Gasteiger partial charge is 0.161 e. The molecule has 2 aromatic rings. The fraction of sp³-hybridized carbons (Fsp3) is 0.625. The fourth-order valence-corrected chi connectivity index (χ4v) is 5.76. The molecular weight excluding hydrogens is 384 g/mol. The summed E-state index contributed by atoms with van der Waals surface area (Å²) in [6, 6.07) is 7.22. The number of carbonyl (C=O) groups is 1. The lowest BCUT2D eigenvalue weighted by Gasteiger charge is -2.39. The molecule has 0 amide bonds. The molecule has 1 saturated carbocycles. The predicted octanol–water partition coefficient (Wildman–Crippen LogP) is 5.31. The molecule has 0 spiro atoms. The highest BCUT2D eigenvalue weighted by Crippen LogP contribution is 2.38. The second kappa shape index (κ2) is 8.05. The Labute approximate surface area is 178 Å². The third kappa shape index (κ3) is 3.99. The average Bonchev–Trinajstić information content (AvgIpc) is 3.40. The van der Waals surface area contributed by atoms with Crippen LogP contribution in [0.4, 0.5) is 0 Å². The van der Waals surface area contributed by atoms with Gasteiger partial charge in [-0.2, -0.15) is 0 Å². The van der Waals surface area contributed by atoms with Gasteiger partial charge in [0.25, 0.3) is 0 Å². The molecule has 1 aromatic carbocycles. The van der Waals surface area contributed by atoms with Crippen molar-refractivity contribution >= 4 is 28.3 Å². The summed E-state index contributed by atoms with van der Waals surface area (Å²) < 4.78 is 8.40. The number of fused-ring (bicyclic) bond motifs is 3. The Hall–Kier alpha value is -1.36. The number of piperidine rings is 1. The van der Waals surface area contributed by atoms with Crippen LogP contribution in [0.25, 0.3) is 10.9 Å². The summed E-state index contributed by atoms with van der Waals surface area (Å²) in [4.78, 5) is 14.8. The molecular formula is C24H31ClN2O2. The highest BCUT2D eigenvalue weighted by molar-refractivity contribution is 6.35. The van der Waals surface area contributed by atoms with Crippen LogP contribution in [0.3, 0.4) is 0 Å². The van der Waals surface area contributed by atoms with Gasteiger partial charge in [-0.1, -0.05) is 23.7 Å². The molecule has 3 heterocycles. The van der Waals surface area contributed by atoms with Crippen LogP contribution < -0.4 is 0 Å². The van der Waals surface area contributed by atoms with Crippen molar-refractivity contribution in [3.8, 4) is 0 Å². The van der Waals surface area contributed by atoms with Gasteiger partial charge in [0.2, 0.25) is 0 Å². The molecule has 2 aliphatic heterocycles. The van der Waals surface area contributed by atoms with Gasteiger partial charge < -0.3 is 9.30 Å². The summed E-state index contributed by atoms with van der Waals surface area (Å²) in [6.45, 7) is 4.63. The van der Waals surface area contributed by atoms with E-state index in [2.05, 4.69) is 9.47 Å². The molecule has 3 fully saturated rings. The maximum atomic E-state index is 12.1. The number of rotatable bonds is 8. The first kappa shape index (κ1) is 19.6. The number of Topliss-reactive ketones (excluding diaryl/α,β-unsaturated/α-hetero) is 1. The average molecular weight is 415 g/mol. The number of benzene rings is 1. The molecule has 5 rings (SSSR count). The van der Waals surface area contributed by atoms with Crippen molar-refractivity contribution in [1.29, 1.82) is 0 Å². The number of nitrogens with zero attached hydrogens (tertiary/aromatic N) is 2. The van der Waals surface area contributed by atoms with Crippen LogP contribution in [-0.2, 0) is 11.3 Å². The van der Waals surface area contributed by atoms with Gasteiger partial charge in [0, 0.05) is 48.9 Å². The standard InChI is InChI=1S/C24H31ClN2O2/c1-16(28)22-14-26(24-21(22)4-2-5-23(24)25)10-3-11-27-18-8-9-19(27)13-20(12-18)29-15-17-6-7-17/h2,4-5,14,17-20H,3,6-13,15H2,1H3. The lowest BCUT2D eigenvalue weighted by molar-refractivity contribution is -0.0241. The molecule has 2 atom stereocenters. The highest BCUT2D eigenvalue weighted by atomic mass is 35.5. The van der Waals surface area contributed by atoms with E-state index in [4.69, 9.17) is 16.3 Å². The van der Waals surface area contributed by atoms with Gasteiger partial charge in [-0.3, -0.25) is 9.69 Å². The molecule has 2 bridgehead atoms. The van der Waals surface area contributed by atoms with Crippen molar-refractivity contribution < 1.29 is 9.53 Å². The van der Waals surface area contributed by atoms with Crippen LogP contribution in [0.5, 0.6) is 0 Å². The summed E-state index contributed by atoms with van der Waals surface area (Å²) in [6.07, 6.45) is 11.3. The van der Waals surface area contributed by atoms with Gasteiger partial charge >= 0.3 is 0 Å². The number of hydrogen-bond acceptors (Lipinski definition) is 3. The minimum absolute atomic E-state index is 0.0994. The fourth-order valence-electron chi connectivity index (χ4n) is 5.48. The molecule has 3 aliphatic rings. The molecule has 29 heavy (non-hydrogen) atoms. The van der Waals surface area contributed by atoms with E-state index >= 15 is 0 Å². The first-order valence-electron chi connectivity index (χ1n) is 11.3. The SMILES string of the molecule is CC(=O)c1cn(CCCN2C3CCC2CC(OCC2CC2)C3)c2c(Cl)cccc12. The Kier molecular flexibility index (Phi) is 5.44. The van der Waals surface area contributed by atoms with E-state index in [1.54, 1.807) is 6.92 Å². The van der Waals surface area contributed by atoms with E-state index in [9.17, 15) is 4.79 Å². The van der Waals surface area contributed by atoms with Crippen LogP contribution in [0.15, 0.2) is 24.4 Å².